The van der Waals surface area contributed by atoms with E-state index in [0.717, 1.165) is 11.1 Å². The van der Waals surface area contributed by atoms with Crippen molar-refractivity contribution in [1.82, 2.24) is 0 Å². The number of nitrogens with two attached hydrogens (primary N) is 1. The summed E-state index contributed by atoms with van der Waals surface area (Å²) in [6.45, 7) is 0. The maximum Gasteiger partial charge on any atom is 0.0670 e. The molecule has 2 nitrogen and oxygen atoms in total. The maximum absolute atomic E-state index is 8.56. The predicted octanol–water partition coefficient (Wildman–Crippen LogP) is 2.07. The molecule has 0 fully saturated rings. The molecule has 3 unspecified atom stereocenters. The van der Waals surface area contributed by atoms with Crippen LogP contribution < -0.4 is 5.73 Å². The lowest BCUT2D eigenvalue weighted by atomic mass is 10.1. The highest BCUT2D eigenvalue weighted by Crippen LogP contribution is 2.45. The third-order valence-electron chi connectivity index (χ3n) is 1.92. The van der Waals surface area contributed by atoms with Crippen LogP contribution in [0.25, 0.3) is 0 Å². The Labute approximate surface area is 91.2 Å². The van der Waals surface area contributed by atoms with Gasteiger partial charge in [0.25, 0.3) is 0 Å². The standard InChI is InChI=1S/C9H13N2P3/c10-4-3-6-1-2-7(5-8(6)11)9(12,13)14/h1-2,5H,3,11-14H2. The summed E-state index contributed by atoms with van der Waals surface area (Å²) in [6.07, 6.45) is 0.365. The molecular formula is C9H13N2P3. The van der Waals surface area contributed by atoms with Crippen molar-refractivity contribution in [3.8, 4) is 6.07 Å². The SMILES string of the molecule is N#CCc1ccc(C(P)(P)P)cc1N. The van der Waals surface area contributed by atoms with Crippen molar-refractivity contribution in [3.63, 3.8) is 0 Å². The van der Waals surface area contributed by atoms with Gasteiger partial charge in [0.2, 0.25) is 0 Å². The molecule has 1 aromatic rings. The lowest BCUT2D eigenvalue weighted by Gasteiger charge is -2.19. The van der Waals surface area contributed by atoms with Gasteiger partial charge in [0.15, 0.2) is 0 Å². The molecule has 0 aliphatic carbocycles. The molecule has 3 atom stereocenters. The van der Waals surface area contributed by atoms with Crippen LogP contribution in [0, 0.1) is 11.3 Å². The van der Waals surface area contributed by atoms with E-state index in [-0.39, 0.29) is 4.64 Å². The number of anilines is 1. The highest BCUT2D eigenvalue weighted by Gasteiger charge is 2.14. The minimum atomic E-state index is -0.140. The molecule has 0 radical (unpaired) electrons. The van der Waals surface area contributed by atoms with E-state index in [4.69, 9.17) is 11.0 Å². The number of benzene rings is 1. The Balaban J connectivity index is 3.08. The first-order valence-electron chi connectivity index (χ1n) is 4.07. The van der Waals surface area contributed by atoms with E-state index in [2.05, 4.69) is 33.8 Å². The monoisotopic (exact) mass is 242 g/mol. The Kier molecular flexibility index (Phi) is 3.86. The average molecular weight is 242 g/mol. The number of rotatable bonds is 2. The Morgan fingerprint density at radius 3 is 2.43 bits per heavy atom. The minimum Gasteiger partial charge on any atom is -0.398 e. The summed E-state index contributed by atoms with van der Waals surface area (Å²) in [5.41, 5.74) is 8.49. The molecule has 0 saturated carbocycles. The molecule has 14 heavy (non-hydrogen) atoms. The predicted molar refractivity (Wildman–Crippen MR) is 71.0 cm³/mol. The second-order valence-corrected chi connectivity index (χ2v) is 8.05. The van der Waals surface area contributed by atoms with E-state index in [1.54, 1.807) is 0 Å². The summed E-state index contributed by atoms with van der Waals surface area (Å²) in [5.74, 6) is 0. The maximum atomic E-state index is 8.56. The normalized spacial score (nSPS) is 11.0. The number of nitrogens with zero attached hydrogens (tertiary/aromatic N) is 1. The Bertz CT molecular complexity index is 377. The zero-order valence-electron chi connectivity index (χ0n) is 7.70. The molecule has 0 aliphatic heterocycles. The van der Waals surface area contributed by atoms with Gasteiger partial charge in [-0.2, -0.15) is 5.26 Å². The second-order valence-electron chi connectivity index (χ2n) is 3.18. The van der Waals surface area contributed by atoms with Gasteiger partial charge in [0.05, 0.1) is 12.5 Å². The highest BCUT2D eigenvalue weighted by atomic mass is 31.1. The molecule has 2 N–H and O–H groups in total. The van der Waals surface area contributed by atoms with Gasteiger partial charge in [0, 0.05) is 10.3 Å². The minimum absolute atomic E-state index is 0.140. The van der Waals surface area contributed by atoms with E-state index in [0.29, 0.717) is 12.1 Å². The van der Waals surface area contributed by atoms with Gasteiger partial charge in [-0.3, -0.25) is 0 Å². The lowest BCUT2D eigenvalue weighted by molar-refractivity contribution is 1.23. The van der Waals surface area contributed by atoms with Gasteiger partial charge in [-0.25, -0.2) is 0 Å². The number of hydrogen-bond donors (Lipinski definition) is 1. The van der Waals surface area contributed by atoms with Crippen LogP contribution >= 0.6 is 27.7 Å². The fourth-order valence-corrected chi connectivity index (χ4v) is 1.65. The zero-order valence-corrected chi connectivity index (χ0v) is 11.2. The Morgan fingerprint density at radius 1 is 1.36 bits per heavy atom. The summed E-state index contributed by atoms with van der Waals surface area (Å²) in [5, 5.41) is 8.56. The first-order chi connectivity index (χ1) is 6.45. The summed E-state index contributed by atoms with van der Waals surface area (Å²) >= 11 is 0. The largest absolute Gasteiger partial charge is 0.398 e. The van der Waals surface area contributed by atoms with Gasteiger partial charge < -0.3 is 5.73 Å². The van der Waals surface area contributed by atoms with Crippen LogP contribution in [0.4, 0.5) is 5.69 Å². The third-order valence-corrected chi connectivity index (χ3v) is 2.92. The molecule has 0 spiro atoms. The third kappa shape index (κ3) is 2.90. The van der Waals surface area contributed by atoms with Crippen LogP contribution in [0.5, 0.6) is 0 Å². The molecule has 0 bridgehead atoms. The summed E-state index contributed by atoms with van der Waals surface area (Å²) in [6, 6.07) is 7.88. The van der Waals surface area contributed by atoms with Crippen LogP contribution in [0.1, 0.15) is 11.1 Å². The van der Waals surface area contributed by atoms with E-state index >= 15 is 0 Å². The van der Waals surface area contributed by atoms with Crippen molar-refractivity contribution in [1.29, 1.82) is 5.26 Å². The van der Waals surface area contributed by atoms with Gasteiger partial charge in [-0.1, -0.05) is 12.1 Å². The van der Waals surface area contributed by atoms with Gasteiger partial charge in [0.1, 0.15) is 0 Å². The molecular weight excluding hydrogens is 229 g/mol. The van der Waals surface area contributed by atoms with E-state index in [1.165, 1.54) is 0 Å². The molecule has 74 valence electrons. The first kappa shape index (κ1) is 11.9. The van der Waals surface area contributed by atoms with Crippen LogP contribution in [-0.2, 0) is 11.1 Å². The molecule has 0 aromatic heterocycles. The van der Waals surface area contributed by atoms with E-state index < -0.39 is 0 Å². The van der Waals surface area contributed by atoms with Gasteiger partial charge >= 0.3 is 0 Å². The number of nitrogen functional groups attached to an aromatic ring is 1. The van der Waals surface area contributed by atoms with Gasteiger partial charge in [-0.05, 0) is 17.2 Å². The molecule has 1 aromatic carbocycles. The van der Waals surface area contributed by atoms with Crippen LogP contribution in [0.2, 0.25) is 0 Å². The van der Waals surface area contributed by atoms with Crippen molar-refractivity contribution in [2.75, 3.05) is 5.73 Å². The van der Waals surface area contributed by atoms with Crippen molar-refractivity contribution in [2.24, 2.45) is 0 Å². The highest BCUT2D eigenvalue weighted by molar-refractivity contribution is 7.56. The average Bonchev–Trinajstić information content (AvgIpc) is 2.07. The Hall–Kier alpha value is -0.200. The molecule has 5 heteroatoms. The molecule has 0 aliphatic rings. The van der Waals surface area contributed by atoms with Gasteiger partial charge in [-0.15, -0.1) is 27.7 Å². The van der Waals surface area contributed by atoms with Crippen molar-refractivity contribution >= 4 is 33.4 Å². The van der Waals surface area contributed by atoms with E-state index in [9.17, 15) is 0 Å². The number of nitriles is 1. The molecule has 1 rings (SSSR count). The summed E-state index contributed by atoms with van der Waals surface area (Å²) in [7, 11) is 8.10. The molecule has 0 heterocycles. The quantitative estimate of drug-likeness (QED) is 0.637. The van der Waals surface area contributed by atoms with E-state index in [1.807, 2.05) is 18.2 Å². The fourth-order valence-electron chi connectivity index (χ4n) is 1.11. The smallest absolute Gasteiger partial charge is 0.0670 e. The molecule has 0 amide bonds. The summed E-state index contributed by atoms with van der Waals surface area (Å²) < 4.78 is -0.140. The fraction of sp³-hybridized carbons (Fsp3) is 0.222. The van der Waals surface area contributed by atoms with Crippen molar-refractivity contribution in [3.05, 3.63) is 29.3 Å². The second kappa shape index (κ2) is 4.55. The first-order valence-corrected chi connectivity index (χ1v) is 5.81. The van der Waals surface area contributed by atoms with Crippen molar-refractivity contribution in [2.45, 2.75) is 11.1 Å². The lowest BCUT2D eigenvalue weighted by Crippen LogP contribution is -2.01. The number of hydrogen-bond acceptors (Lipinski definition) is 2. The topological polar surface area (TPSA) is 49.8 Å². The summed E-state index contributed by atoms with van der Waals surface area (Å²) in [4.78, 5) is 0. The zero-order chi connectivity index (χ0) is 10.8. The van der Waals surface area contributed by atoms with Crippen LogP contribution in [0.3, 0.4) is 0 Å². The van der Waals surface area contributed by atoms with Crippen molar-refractivity contribution < 1.29 is 0 Å². The van der Waals surface area contributed by atoms with Crippen LogP contribution in [-0.4, -0.2) is 0 Å². The Morgan fingerprint density at radius 2 is 2.00 bits per heavy atom. The van der Waals surface area contributed by atoms with Crippen LogP contribution in [0.15, 0.2) is 18.2 Å². The molecule has 0 saturated heterocycles.